The van der Waals surface area contributed by atoms with Crippen LogP contribution < -0.4 is 0 Å². The van der Waals surface area contributed by atoms with Crippen molar-refractivity contribution in [2.75, 3.05) is 0 Å². The number of aryl methyl sites for hydroxylation is 1. The fraction of sp³-hybridized carbons (Fsp3) is 0.0833. The van der Waals surface area contributed by atoms with Gasteiger partial charge in [-0.1, -0.05) is 12.1 Å². The van der Waals surface area contributed by atoms with Gasteiger partial charge in [0, 0.05) is 5.69 Å². The van der Waals surface area contributed by atoms with E-state index in [0.29, 0.717) is 0 Å². The zero-order valence-electron chi connectivity index (χ0n) is 7.82. The van der Waals surface area contributed by atoms with Gasteiger partial charge in [-0.3, -0.25) is 0 Å². The van der Waals surface area contributed by atoms with Crippen LogP contribution in [-0.4, -0.2) is 4.98 Å². The standard InChI is InChI=1S/C12H9NS/c1-10-4-2-5-11(13-10)7-8-12-6-3-9-14-12/h2-6,9H,1H3. The van der Waals surface area contributed by atoms with Crippen LogP contribution in [0.4, 0.5) is 0 Å². The Bertz CT molecular complexity index is 475. The molecule has 0 aromatic carbocycles. The highest BCUT2D eigenvalue weighted by molar-refractivity contribution is 7.10. The van der Waals surface area contributed by atoms with E-state index in [-0.39, 0.29) is 0 Å². The summed E-state index contributed by atoms with van der Waals surface area (Å²) in [5, 5.41) is 2.02. The number of aromatic nitrogens is 1. The molecular formula is C12H9NS. The Morgan fingerprint density at radius 2 is 2.07 bits per heavy atom. The fourth-order valence-corrected chi connectivity index (χ4v) is 1.66. The van der Waals surface area contributed by atoms with E-state index in [2.05, 4.69) is 16.8 Å². The summed E-state index contributed by atoms with van der Waals surface area (Å²) in [6, 6.07) is 9.87. The normalized spacial score (nSPS) is 9.21. The van der Waals surface area contributed by atoms with Gasteiger partial charge < -0.3 is 0 Å². The summed E-state index contributed by atoms with van der Waals surface area (Å²) in [6.07, 6.45) is 0. The molecule has 68 valence electrons. The van der Waals surface area contributed by atoms with Crippen molar-refractivity contribution >= 4 is 11.3 Å². The number of hydrogen-bond donors (Lipinski definition) is 0. The molecule has 0 unspecified atom stereocenters. The average molecular weight is 199 g/mol. The maximum Gasteiger partial charge on any atom is 0.113 e. The van der Waals surface area contributed by atoms with E-state index in [0.717, 1.165) is 16.3 Å². The topological polar surface area (TPSA) is 12.9 Å². The van der Waals surface area contributed by atoms with Gasteiger partial charge in [-0.2, -0.15) is 0 Å². The first kappa shape index (κ1) is 8.98. The Morgan fingerprint density at radius 1 is 1.14 bits per heavy atom. The Labute approximate surface area is 87.4 Å². The summed E-state index contributed by atoms with van der Waals surface area (Å²) in [5.74, 6) is 6.11. The van der Waals surface area contributed by atoms with E-state index < -0.39 is 0 Å². The second kappa shape index (κ2) is 4.08. The van der Waals surface area contributed by atoms with E-state index >= 15 is 0 Å². The summed E-state index contributed by atoms with van der Waals surface area (Å²) in [5.41, 5.74) is 1.83. The lowest BCUT2D eigenvalue weighted by Crippen LogP contribution is -1.84. The van der Waals surface area contributed by atoms with Crippen LogP contribution in [0, 0.1) is 18.8 Å². The molecule has 0 aliphatic carbocycles. The quantitative estimate of drug-likeness (QED) is 0.594. The van der Waals surface area contributed by atoms with Crippen LogP contribution in [0.25, 0.3) is 0 Å². The zero-order valence-corrected chi connectivity index (χ0v) is 8.64. The number of nitrogens with zero attached hydrogens (tertiary/aromatic N) is 1. The van der Waals surface area contributed by atoms with Crippen LogP contribution >= 0.6 is 11.3 Å². The van der Waals surface area contributed by atoms with Gasteiger partial charge >= 0.3 is 0 Å². The average Bonchev–Trinajstić information content (AvgIpc) is 2.67. The third-order valence-corrected chi connectivity index (χ3v) is 2.51. The highest BCUT2D eigenvalue weighted by Crippen LogP contribution is 2.06. The Balaban J connectivity index is 2.26. The maximum atomic E-state index is 4.30. The van der Waals surface area contributed by atoms with Crippen LogP contribution in [0.1, 0.15) is 16.3 Å². The Morgan fingerprint density at radius 3 is 2.79 bits per heavy atom. The molecule has 0 saturated heterocycles. The van der Waals surface area contributed by atoms with Crippen molar-refractivity contribution < 1.29 is 0 Å². The number of hydrogen-bond acceptors (Lipinski definition) is 2. The third-order valence-electron chi connectivity index (χ3n) is 1.72. The van der Waals surface area contributed by atoms with Gasteiger partial charge in [-0.15, -0.1) is 11.3 Å². The molecule has 0 radical (unpaired) electrons. The fourth-order valence-electron chi connectivity index (χ4n) is 1.09. The number of rotatable bonds is 0. The first-order valence-electron chi connectivity index (χ1n) is 4.34. The molecule has 0 aliphatic rings. The van der Waals surface area contributed by atoms with Gasteiger partial charge in [0.25, 0.3) is 0 Å². The van der Waals surface area contributed by atoms with Crippen molar-refractivity contribution in [2.24, 2.45) is 0 Å². The van der Waals surface area contributed by atoms with Gasteiger partial charge in [0.1, 0.15) is 5.69 Å². The van der Waals surface area contributed by atoms with Crippen LogP contribution in [0.5, 0.6) is 0 Å². The summed E-state index contributed by atoms with van der Waals surface area (Å²) in [7, 11) is 0. The molecule has 1 nitrogen and oxygen atoms in total. The van der Waals surface area contributed by atoms with E-state index in [1.807, 2.05) is 42.6 Å². The van der Waals surface area contributed by atoms with Gasteiger partial charge in [0.05, 0.1) is 4.88 Å². The first-order chi connectivity index (χ1) is 6.84. The number of thiophene rings is 1. The predicted octanol–water partition coefficient (Wildman–Crippen LogP) is 2.85. The second-order valence-corrected chi connectivity index (χ2v) is 3.84. The maximum absolute atomic E-state index is 4.30. The van der Waals surface area contributed by atoms with Crippen molar-refractivity contribution in [3.05, 3.63) is 52.0 Å². The van der Waals surface area contributed by atoms with Crippen LogP contribution in [0.2, 0.25) is 0 Å². The predicted molar refractivity (Wildman–Crippen MR) is 59.3 cm³/mol. The molecule has 0 atom stereocenters. The van der Waals surface area contributed by atoms with Gasteiger partial charge in [-0.05, 0) is 42.3 Å². The highest BCUT2D eigenvalue weighted by atomic mass is 32.1. The second-order valence-electron chi connectivity index (χ2n) is 2.89. The van der Waals surface area contributed by atoms with Gasteiger partial charge in [-0.25, -0.2) is 4.98 Å². The molecule has 2 aromatic heterocycles. The molecule has 2 rings (SSSR count). The third kappa shape index (κ3) is 2.21. The largest absolute Gasteiger partial charge is 0.245 e. The molecule has 0 bridgehead atoms. The smallest absolute Gasteiger partial charge is 0.113 e. The minimum absolute atomic E-state index is 0.832. The molecule has 14 heavy (non-hydrogen) atoms. The van der Waals surface area contributed by atoms with Gasteiger partial charge in [0.15, 0.2) is 0 Å². The molecular weight excluding hydrogens is 190 g/mol. The summed E-state index contributed by atoms with van der Waals surface area (Å²) >= 11 is 1.64. The van der Waals surface area contributed by atoms with Crippen LogP contribution in [0.3, 0.4) is 0 Å². The van der Waals surface area contributed by atoms with Crippen molar-refractivity contribution in [2.45, 2.75) is 6.92 Å². The van der Waals surface area contributed by atoms with E-state index in [1.165, 1.54) is 0 Å². The lowest BCUT2D eigenvalue weighted by atomic mass is 10.3. The molecule has 0 aliphatic heterocycles. The Hall–Kier alpha value is -1.59. The van der Waals surface area contributed by atoms with E-state index in [1.54, 1.807) is 11.3 Å². The molecule has 0 fully saturated rings. The molecule has 2 heteroatoms. The first-order valence-corrected chi connectivity index (χ1v) is 5.22. The molecule has 2 heterocycles. The summed E-state index contributed by atoms with van der Waals surface area (Å²) in [6.45, 7) is 1.97. The summed E-state index contributed by atoms with van der Waals surface area (Å²) < 4.78 is 0. The van der Waals surface area contributed by atoms with Crippen LogP contribution in [-0.2, 0) is 0 Å². The van der Waals surface area contributed by atoms with Crippen molar-refractivity contribution in [3.63, 3.8) is 0 Å². The Kier molecular flexibility index (Phi) is 2.62. The monoisotopic (exact) mass is 199 g/mol. The molecule has 2 aromatic rings. The van der Waals surface area contributed by atoms with Crippen molar-refractivity contribution in [1.82, 2.24) is 4.98 Å². The van der Waals surface area contributed by atoms with Crippen LogP contribution in [0.15, 0.2) is 35.7 Å². The summed E-state index contributed by atoms with van der Waals surface area (Å²) in [4.78, 5) is 5.38. The molecule has 0 saturated carbocycles. The van der Waals surface area contributed by atoms with Crippen molar-refractivity contribution in [1.29, 1.82) is 0 Å². The molecule has 0 spiro atoms. The minimum atomic E-state index is 0.832. The zero-order chi connectivity index (χ0) is 9.80. The van der Waals surface area contributed by atoms with Crippen molar-refractivity contribution in [3.8, 4) is 11.8 Å². The number of pyridine rings is 1. The lowest BCUT2D eigenvalue weighted by molar-refractivity contribution is 1.18. The van der Waals surface area contributed by atoms with Gasteiger partial charge in [0.2, 0.25) is 0 Å². The van der Waals surface area contributed by atoms with E-state index in [9.17, 15) is 0 Å². The molecule has 0 N–H and O–H groups in total. The molecule has 0 amide bonds. The minimum Gasteiger partial charge on any atom is -0.245 e. The SMILES string of the molecule is Cc1cccc(C#Cc2cccs2)n1. The lowest BCUT2D eigenvalue weighted by Gasteiger charge is -1.90. The highest BCUT2D eigenvalue weighted by Gasteiger charge is 1.89. The van der Waals surface area contributed by atoms with E-state index in [4.69, 9.17) is 0 Å².